The highest BCUT2D eigenvalue weighted by Gasteiger charge is 1.99. The summed E-state index contributed by atoms with van der Waals surface area (Å²) in [6, 6.07) is -0.723. The Kier molecular flexibility index (Phi) is 1.40. The second-order valence-electron chi connectivity index (χ2n) is 1.53. The molecule has 7 heteroatoms. The number of nitrogen functional groups attached to an aromatic ring is 1. The van der Waals surface area contributed by atoms with Crippen LogP contribution < -0.4 is 16.8 Å². The lowest BCUT2D eigenvalue weighted by molar-refractivity contribution is 0.259. The summed E-state index contributed by atoms with van der Waals surface area (Å²) in [6.45, 7) is 0. The first-order chi connectivity index (χ1) is 4.68. The van der Waals surface area contributed by atoms with Gasteiger partial charge < -0.3 is 11.5 Å². The summed E-state index contributed by atoms with van der Waals surface area (Å²) in [4.78, 5) is 13.7. The Balaban J connectivity index is 2.67. The van der Waals surface area contributed by atoms with Crippen LogP contribution in [0, 0.1) is 0 Å². The molecule has 6 N–H and O–H groups in total. The third-order valence-electron chi connectivity index (χ3n) is 0.738. The number of H-pyrrole nitrogens is 1. The van der Waals surface area contributed by atoms with Crippen LogP contribution in [0.4, 0.5) is 16.7 Å². The minimum atomic E-state index is -0.723. The van der Waals surface area contributed by atoms with Crippen molar-refractivity contribution in [3.8, 4) is 0 Å². The number of hydrogen-bond donors (Lipinski definition) is 4. The fourth-order valence-electron chi connectivity index (χ4n) is 0.440. The predicted octanol–water partition coefficient (Wildman–Crippen LogP) is -1.12. The van der Waals surface area contributed by atoms with E-state index in [-0.39, 0.29) is 11.9 Å². The van der Waals surface area contributed by atoms with Crippen LogP contribution in [-0.2, 0) is 0 Å². The lowest BCUT2D eigenvalue weighted by Crippen LogP contribution is -2.20. The molecule has 0 aliphatic heterocycles. The number of urea groups is 1. The molecule has 0 spiro atoms. The summed E-state index contributed by atoms with van der Waals surface area (Å²) in [5.41, 5.74) is 9.88. The second-order valence-corrected chi connectivity index (χ2v) is 1.53. The van der Waals surface area contributed by atoms with Crippen LogP contribution in [0.25, 0.3) is 0 Å². The summed E-state index contributed by atoms with van der Waals surface area (Å²) < 4.78 is 0. The number of primary amides is 1. The predicted molar refractivity (Wildman–Crippen MR) is 34.0 cm³/mol. The Morgan fingerprint density at radius 3 is 2.80 bits per heavy atom. The largest absolute Gasteiger partial charge is 0.368 e. The number of carbonyl (C=O) groups is 1. The maximum absolute atomic E-state index is 10.2. The van der Waals surface area contributed by atoms with Gasteiger partial charge in [-0.2, -0.15) is 4.98 Å². The van der Waals surface area contributed by atoms with E-state index in [1.807, 2.05) is 0 Å². The first-order valence-electron chi connectivity index (χ1n) is 2.43. The average molecular weight is 142 g/mol. The van der Waals surface area contributed by atoms with Crippen LogP contribution >= 0.6 is 0 Å². The molecule has 0 radical (unpaired) electrons. The molecule has 10 heavy (non-hydrogen) atoms. The fourth-order valence-corrected chi connectivity index (χ4v) is 0.440. The van der Waals surface area contributed by atoms with Crippen molar-refractivity contribution < 1.29 is 4.79 Å². The van der Waals surface area contributed by atoms with E-state index in [0.717, 1.165) is 0 Å². The molecule has 54 valence electrons. The zero-order chi connectivity index (χ0) is 7.56. The molecule has 0 aliphatic rings. The van der Waals surface area contributed by atoms with Gasteiger partial charge in [-0.15, -0.1) is 5.10 Å². The molecule has 1 aromatic heterocycles. The molecule has 0 atom stereocenters. The van der Waals surface area contributed by atoms with Crippen LogP contribution in [0.2, 0.25) is 0 Å². The Morgan fingerprint density at radius 1 is 1.70 bits per heavy atom. The van der Waals surface area contributed by atoms with Crippen molar-refractivity contribution >= 4 is 17.9 Å². The van der Waals surface area contributed by atoms with Gasteiger partial charge >= 0.3 is 6.03 Å². The highest BCUT2D eigenvalue weighted by atomic mass is 16.2. The number of hydrogen-bond acceptors (Lipinski definition) is 4. The number of nitrogens with zero attached hydrogens (tertiary/aromatic N) is 2. The monoisotopic (exact) mass is 142 g/mol. The number of anilines is 2. The fraction of sp³-hybridized carbons (Fsp3) is 0. The van der Waals surface area contributed by atoms with Crippen LogP contribution in [0.15, 0.2) is 0 Å². The van der Waals surface area contributed by atoms with E-state index >= 15 is 0 Å². The van der Waals surface area contributed by atoms with E-state index in [9.17, 15) is 4.79 Å². The Labute approximate surface area is 55.8 Å². The molecule has 0 aliphatic carbocycles. The van der Waals surface area contributed by atoms with Crippen molar-refractivity contribution in [2.45, 2.75) is 0 Å². The molecule has 0 bridgehead atoms. The number of aromatic nitrogens is 3. The van der Waals surface area contributed by atoms with Crippen molar-refractivity contribution in [1.29, 1.82) is 0 Å². The molecular weight excluding hydrogens is 136 g/mol. The minimum absolute atomic E-state index is 0.0741. The van der Waals surface area contributed by atoms with Crippen molar-refractivity contribution in [3.05, 3.63) is 0 Å². The smallest absolute Gasteiger partial charge is 0.319 e. The zero-order valence-corrected chi connectivity index (χ0v) is 4.96. The molecule has 1 rings (SSSR count). The van der Waals surface area contributed by atoms with E-state index in [1.165, 1.54) is 0 Å². The third-order valence-corrected chi connectivity index (χ3v) is 0.738. The topological polar surface area (TPSA) is 123 Å². The summed E-state index contributed by atoms with van der Waals surface area (Å²) in [7, 11) is 0. The van der Waals surface area contributed by atoms with E-state index in [1.54, 1.807) is 0 Å². The van der Waals surface area contributed by atoms with Crippen LogP contribution in [0.1, 0.15) is 0 Å². The number of rotatable bonds is 1. The van der Waals surface area contributed by atoms with Crippen LogP contribution in [0.3, 0.4) is 0 Å². The number of carbonyl (C=O) groups excluding carboxylic acids is 1. The van der Waals surface area contributed by atoms with Crippen molar-refractivity contribution in [2.75, 3.05) is 11.1 Å². The summed E-state index contributed by atoms with van der Waals surface area (Å²) in [5, 5.41) is 7.93. The Morgan fingerprint density at radius 2 is 2.40 bits per heavy atom. The molecule has 0 aromatic carbocycles. The lowest BCUT2D eigenvalue weighted by Gasteiger charge is -1.89. The van der Waals surface area contributed by atoms with Crippen LogP contribution in [-0.4, -0.2) is 21.2 Å². The Bertz CT molecular complexity index is 241. The van der Waals surface area contributed by atoms with Gasteiger partial charge in [-0.3, -0.25) is 5.32 Å². The van der Waals surface area contributed by atoms with Gasteiger partial charge in [0.2, 0.25) is 5.95 Å². The van der Waals surface area contributed by atoms with Gasteiger partial charge in [-0.1, -0.05) is 0 Å². The van der Waals surface area contributed by atoms with Gasteiger partial charge in [0.15, 0.2) is 0 Å². The van der Waals surface area contributed by atoms with E-state index in [4.69, 9.17) is 11.5 Å². The highest BCUT2D eigenvalue weighted by Crippen LogP contribution is 1.96. The lowest BCUT2D eigenvalue weighted by atomic mass is 10.9. The van der Waals surface area contributed by atoms with Gasteiger partial charge in [0.1, 0.15) is 0 Å². The SMILES string of the molecule is NC(=O)Nc1n[nH]c(N)n1. The maximum atomic E-state index is 10.2. The quantitative estimate of drug-likeness (QED) is 0.396. The summed E-state index contributed by atoms with van der Waals surface area (Å²) in [5.74, 6) is 0.203. The van der Waals surface area contributed by atoms with Crippen molar-refractivity contribution in [1.82, 2.24) is 15.2 Å². The number of nitrogens with one attached hydrogen (secondary N) is 2. The molecule has 1 aromatic rings. The first kappa shape index (κ1) is 6.33. The first-order valence-corrected chi connectivity index (χ1v) is 2.43. The van der Waals surface area contributed by atoms with Crippen molar-refractivity contribution in [3.63, 3.8) is 0 Å². The molecule has 0 saturated carbocycles. The molecule has 2 amide bonds. The molecule has 0 saturated heterocycles. The van der Waals surface area contributed by atoms with E-state index in [2.05, 4.69) is 20.5 Å². The van der Waals surface area contributed by atoms with Gasteiger partial charge in [0.05, 0.1) is 0 Å². The van der Waals surface area contributed by atoms with E-state index in [0.29, 0.717) is 0 Å². The third kappa shape index (κ3) is 1.34. The minimum Gasteiger partial charge on any atom is -0.368 e. The highest BCUT2D eigenvalue weighted by molar-refractivity contribution is 5.85. The van der Waals surface area contributed by atoms with Crippen LogP contribution in [0.5, 0.6) is 0 Å². The normalized spacial score (nSPS) is 9.20. The zero-order valence-electron chi connectivity index (χ0n) is 4.96. The number of aromatic amines is 1. The molecular formula is C3H6N6O. The standard InChI is InChI=1S/C3H6N6O/c4-1-6-3(9-8-1)7-2(5)10/h(H6,4,5,6,7,8,9,10). The maximum Gasteiger partial charge on any atom is 0.319 e. The van der Waals surface area contributed by atoms with E-state index < -0.39 is 6.03 Å². The second kappa shape index (κ2) is 2.21. The van der Waals surface area contributed by atoms with Gasteiger partial charge in [-0.25, -0.2) is 9.89 Å². The molecule has 1 heterocycles. The van der Waals surface area contributed by atoms with Gasteiger partial charge in [0.25, 0.3) is 5.95 Å². The molecule has 7 nitrogen and oxygen atoms in total. The summed E-state index contributed by atoms with van der Waals surface area (Å²) >= 11 is 0. The van der Waals surface area contributed by atoms with Gasteiger partial charge in [-0.05, 0) is 0 Å². The molecule has 0 unspecified atom stereocenters. The average Bonchev–Trinajstić information content (AvgIpc) is 2.13. The van der Waals surface area contributed by atoms with Crippen molar-refractivity contribution in [2.24, 2.45) is 5.73 Å². The number of nitrogens with two attached hydrogens (primary N) is 2. The Hall–Kier alpha value is -1.79. The molecule has 0 fully saturated rings. The number of amides is 2. The van der Waals surface area contributed by atoms with Gasteiger partial charge in [0, 0.05) is 0 Å². The summed E-state index contributed by atoms with van der Waals surface area (Å²) in [6.07, 6.45) is 0.